The fourth-order valence-corrected chi connectivity index (χ4v) is 6.44. The maximum absolute atomic E-state index is 5.04. The Morgan fingerprint density at radius 1 is 0.439 bits per heavy atom. The Bertz CT molecular complexity index is 2170. The van der Waals surface area contributed by atoms with E-state index < -0.39 is 0 Å². The van der Waals surface area contributed by atoms with Crippen LogP contribution in [0.15, 0.2) is 150 Å². The van der Waals surface area contributed by atoms with Gasteiger partial charge in [-0.05, 0) is 65.7 Å². The summed E-state index contributed by atoms with van der Waals surface area (Å²) in [4.78, 5) is 5.04. The Hall–Kier alpha value is -4.93. The van der Waals surface area contributed by atoms with Crippen LogP contribution in [-0.4, -0.2) is 14.1 Å². The average Bonchev–Trinajstić information content (AvgIpc) is 3.58. The van der Waals surface area contributed by atoms with Crippen molar-refractivity contribution in [1.82, 2.24) is 14.1 Å². The van der Waals surface area contributed by atoms with Gasteiger partial charge in [-0.2, -0.15) is 0 Å². The summed E-state index contributed by atoms with van der Waals surface area (Å²) >= 11 is 3.82. The fourth-order valence-electron chi connectivity index (χ4n) is 5.96. The van der Waals surface area contributed by atoms with E-state index in [2.05, 4.69) is 159 Å². The smallest absolute Gasteiger partial charge is 0.145 e. The van der Waals surface area contributed by atoms with E-state index in [-0.39, 0.29) is 0 Å². The summed E-state index contributed by atoms with van der Waals surface area (Å²) in [5, 5.41) is 2.53. The highest BCUT2D eigenvalue weighted by molar-refractivity contribution is 9.10. The number of aromatic nitrogens is 3. The summed E-state index contributed by atoms with van der Waals surface area (Å²) in [5.74, 6) is 0.926. The lowest BCUT2D eigenvalue weighted by molar-refractivity contribution is 1.10. The molecule has 0 aliphatic carbocycles. The molecule has 0 N–H and O–H groups in total. The molecule has 0 bridgehead atoms. The highest BCUT2D eigenvalue weighted by Gasteiger charge is 2.16. The van der Waals surface area contributed by atoms with Gasteiger partial charge in [0.1, 0.15) is 5.82 Å². The standard InChI is InChI=1S/C37H24BrN3/c38-28-21-27(23-30(24-28)41-36-20-9-6-17-33(36)39-37(41)25-11-2-1-3-12-25)26-13-10-14-29(22-26)40-34-18-7-4-15-31(34)32-16-5-8-19-35(32)40/h1-24H. The maximum atomic E-state index is 5.04. The molecule has 0 aliphatic heterocycles. The van der Waals surface area contributed by atoms with Crippen LogP contribution in [0.2, 0.25) is 0 Å². The lowest BCUT2D eigenvalue weighted by Gasteiger charge is -2.14. The molecule has 0 saturated carbocycles. The van der Waals surface area contributed by atoms with E-state index in [1.807, 2.05) is 12.1 Å². The van der Waals surface area contributed by atoms with Gasteiger partial charge in [-0.15, -0.1) is 0 Å². The topological polar surface area (TPSA) is 22.8 Å². The molecule has 0 radical (unpaired) electrons. The van der Waals surface area contributed by atoms with Crippen molar-refractivity contribution in [1.29, 1.82) is 0 Å². The molecule has 0 unspecified atom stereocenters. The zero-order valence-corrected chi connectivity index (χ0v) is 23.7. The largest absolute Gasteiger partial charge is 0.309 e. The molecule has 194 valence electrons. The monoisotopic (exact) mass is 589 g/mol. The highest BCUT2D eigenvalue weighted by atomic mass is 79.9. The van der Waals surface area contributed by atoms with Crippen LogP contribution in [-0.2, 0) is 0 Å². The summed E-state index contributed by atoms with van der Waals surface area (Å²) < 4.78 is 5.64. The molecular formula is C37H24BrN3. The van der Waals surface area contributed by atoms with Crippen molar-refractivity contribution in [2.45, 2.75) is 0 Å². The number of hydrogen-bond donors (Lipinski definition) is 0. The van der Waals surface area contributed by atoms with E-state index in [1.165, 1.54) is 21.8 Å². The molecule has 0 atom stereocenters. The molecule has 6 aromatic carbocycles. The summed E-state index contributed by atoms with van der Waals surface area (Å²) in [7, 11) is 0. The first-order valence-corrected chi connectivity index (χ1v) is 14.5. The molecule has 2 heterocycles. The summed E-state index contributed by atoms with van der Waals surface area (Å²) in [6, 6.07) is 51.4. The number of nitrogens with zero attached hydrogens (tertiary/aromatic N) is 3. The van der Waals surface area contributed by atoms with Crippen LogP contribution >= 0.6 is 15.9 Å². The third-order valence-electron chi connectivity index (χ3n) is 7.75. The molecule has 41 heavy (non-hydrogen) atoms. The van der Waals surface area contributed by atoms with Gasteiger partial charge in [0.25, 0.3) is 0 Å². The van der Waals surface area contributed by atoms with Gasteiger partial charge >= 0.3 is 0 Å². The zero-order valence-electron chi connectivity index (χ0n) is 22.1. The first-order valence-electron chi connectivity index (χ1n) is 13.7. The van der Waals surface area contributed by atoms with Crippen molar-refractivity contribution in [2.75, 3.05) is 0 Å². The number of para-hydroxylation sites is 4. The minimum Gasteiger partial charge on any atom is -0.309 e. The van der Waals surface area contributed by atoms with Crippen molar-refractivity contribution in [2.24, 2.45) is 0 Å². The number of fused-ring (bicyclic) bond motifs is 4. The number of imidazole rings is 1. The van der Waals surface area contributed by atoms with Crippen LogP contribution in [0.3, 0.4) is 0 Å². The van der Waals surface area contributed by atoms with Crippen molar-refractivity contribution in [3.05, 3.63) is 150 Å². The van der Waals surface area contributed by atoms with Crippen LogP contribution < -0.4 is 0 Å². The van der Waals surface area contributed by atoms with Crippen LogP contribution in [0, 0.1) is 0 Å². The number of hydrogen-bond acceptors (Lipinski definition) is 1. The molecule has 2 aromatic heterocycles. The second-order valence-corrected chi connectivity index (χ2v) is 11.2. The third kappa shape index (κ3) is 3.99. The Kier molecular flexibility index (Phi) is 5.61. The van der Waals surface area contributed by atoms with Crippen LogP contribution in [0.1, 0.15) is 0 Å². The van der Waals surface area contributed by atoms with Gasteiger partial charge in [-0.25, -0.2) is 4.98 Å². The van der Waals surface area contributed by atoms with Crippen LogP contribution in [0.4, 0.5) is 0 Å². The lowest BCUT2D eigenvalue weighted by Crippen LogP contribution is -1.99. The minimum atomic E-state index is 0.926. The predicted molar refractivity (Wildman–Crippen MR) is 174 cm³/mol. The van der Waals surface area contributed by atoms with Crippen LogP contribution in [0.5, 0.6) is 0 Å². The predicted octanol–water partition coefficient (Wildman–Crippen LogP) is 10.2. The maximum Gasteiger partial charge on any atom is 0.145 e. The van der Waals surface area contributed by atoms with Crippen molar-refractivity contribution >= 4 is 48.8 Å². The van der Waals surface area contributed by atoms with E-state index in [4.69, 9.17) is 4.98 Å². The second kappa shape index (κ2) is 9.61. The van der Waals surface area contributed by atoms with Gasteiger partial charge in [0.05, 0.1) is 22.1 Å². The van der Waals surface area contributed by atoms with Gasteiger partial charge in [0.15, 0.2) is 0 Å². The zero-order chi connectivity index (χ0) is 27.3. The van der Waals surface area contributed by atoms with Crippen molar-refractivity contribution < 1.29 is 0 Å². The highest BCUT2D eigenvalue weighted by Crippen LogP contribution is 2.36. The Labute approximate surface area is 246 Å². The molecule has 3 nitrogen and oxygen atoms in total. The number of benzene rings is 6. The van der Waals surface area contributed by atoms with E-state index >= 15 is 0 Å². The van der Waals surface area contributed by atoms with Gasteiger partial charge in [-0.1, -0.05) is 107 Å². The first kappa shape index (κ1) is 23.9. The van der Waals surface area contributed by atoms with Gasteiger partial charge in [0.2, 0.25) is 0 Å². The molecule has 0 fully saturated rings. The molecule has 4 heteroatoms. The Morgan fingerprint density at radius 3 is 1.80 bits per heavy atom. The average molecular weight is 591 g/mol. The summed E-state index contributed by atoms with van der Waals surface area (Å²) in [6.45, 7) is 0. The Morgan fingerprint density at radius 2 is 1.05 bits per heavy atom. The SMILES string of the molecule is Brc1cc(-c2cccc(-n3c4ccccc4c4ccccc43)c2)cc(-n2c(-c3ccccc3)nc3ccccc32)c1. The van der Waals surface area contributed by atoms with Crippen molar-refractivity contribution in [3.8, 4) is 33.9 Å². The number of rotatable bonds is 4. The molecule has 0 saturated heterocycles. The van der Waals surface area contributed by atoms with E-state index in [9.17, 15) is 0 Å². The molecule has 0 spiro atoms. The van der Waals surface area contributed by atoms with Gasteiger partial charge < -0.3 is 4.57 Å². The molecule has 8 rings (SSSR count). The minimum absolute atomic E-state index is 0.926. The molecular weight excluding hydrogens is 566 g/mol. The van der Waals surface area contributed by atoms with Gasteiger partial charge in [0, 0.05) is 32.2 Å². The van der Waals surface area contributed by atoms with E-state index in [0.29, 0.717) is 0 Å². The van der Waals surface area contributed by atoms with E-state index in [1.54, 1.807) is 0 Å². The molecule has 0 amide bonds. The summed E-state index contributed by atoms with van der Waals surface area (Å²) in [6.07, 6.45) is 0. The first-order chi connectivity index (χ1) is 20.2. The van der Waals surface area contributed by atoms with Gasteiger partial charge in [-0.3, -0.25) is 4.57 Å². The van der Waals surface area contributed by atoms with E-state index in [0.717, 1.165) is 49.4 Å². The molecule has 8 aromatic rings. The number of halogens is 1. The quantitative estimate of drug-likeness (QED) is 0.200. The Balaban J connectivity index is 1.32. The lowest BCUT2D eigenvalue weighted by atomic mass is 10.0. The summed E-state index contributed by atoms with van der Waals surface area (Å²) in [5.41, 5.74) is 10.0. The van der Waals surface area contributed by atoms with Crippen molar-refractivity contribution in [3.63, 3.8) is 0 Å². The normalized spacial score (nSPS) is 11.5. The molecule has 0 aliphatic rings. The fraction of sp³-hybridized carbons (Fsp3) is 0. The van der Waals surface area contributed by atoms with Crippen LogP contribution in [0.25, 0.3) is 66.7 Å². The third-order valence-corrected chi connectivity index (χ3v) is 8.21. The second-order valence-electron chi connectivity index (χ2n) is 10.2.